The molecule has 0 saturated heterocycles. The molecule has 0 aliphatic carbocycles. The fourth-order valence-electron chi connectivity index (χ4n) is 2.37. The van der Waals surface area contributed by atoms with Gasteiger partial charge >= 0.3 is 12.1 Å². The third kappa shape index (κ3) is 5.30. The number of nitrogens with one attached hydrogen (secondary N) is 1. The molecule has 2 aromatic rings. The molecular formula is C19H21NO6. The van der Waals surface area contributed by atoms with Gasteiger partial charge in [0.2, 0.25) is 0 Å². The van der Waals surface area contributed by atoms with E-state index in [0.29, 0.717) is 5.56 Å². The number of carboxylic acid groups (broad SMARTS) is 1. The molecule has 4 N–H and O–H groups in total. The molecule has 2 aromatic carbocycles. The molecule has 0 spiro atoms. The lowest BCUT2D eigenvalue weighted by atomic mass is 9.97. The molecule has 0 aromatic heterocycles. The van der Waals surface area contributed by atoms with Gasteiger partial charge < -0.3 is 25.4 Å². The molecule has 7 nitrogen and oxygen atoms in total. The van der Waals surface area contributed by atoms with Gasteiger partial charge in [0.25, 0.3) is 0 Å². The zero-order valence-corrected chi connectivity index (χ0v) is 14.3. The number of aliphatic hydroxyl groups excluding tert-OH is 2. The van der Waals surface area contributed by atoms with E-state index < -0.39 is 24.3 Å². The molecule has 0 heterocycles. The average molecular weight is 359 g/mol. The van der Waals surface area contributed by atoms with Crippen molar-refractivity contribution in [1.29, 1.82) is 0 Å². The van der Waals surface area contributed by atoms with E-state index in [-0.39, 0.29) is 24.3 Å². The van der Waals surface area contributed by atoms with Gasteiger partial charge in [-0.3, -0.25) is 0 Å². The Morgan fingerprint density at radius 3 is 2.46 bits per heavy atom. The molecule has 26 heavy (non-hydrogen) atoms. The van der Waals surface area contributed by atoms with Crippen LogP contribution in [0.15, 0.2) is 48.5 Å². The van der Waals surface area contributed by atoms with Crippen LogP contribution in [0.4, 0.5) is 4.79 Å². The Bertz CT molecular complexity index is 762. The first-order valence-corrected chi connectivity index (χ1v) is 8.03. The van der Waals surface area contributed by atoms with E-state index in [1.165, 1.54) is 12.1 Å². The molecule has 2 rings (SSSR count). The summed E-state index contributed by atoms with van der Waals surface area (Å²) in [6.07, 6.45) is -3.39. The number of ether oxygens (including phenoxy) is 1. The van der Waals surface area contributed by atoms with Crippen LogP contribution in [0.3, 0.4) is 0 Å². The Morgan fingerprint density at radius 1 is 1.12 bits per heavy atom. The second-order valence-electron chi connectivity index (χ2n) is 5.83. The zero-order chi connectivity index (χ0) is 19.1. The molecule has 2 unspecified atom stereocenters. The van der Waals surface area contributed by atoms with Crippen molar-refractivity contribution in [2.45, 2.75) is 25.7 Å². The van der Waals surface area contributed by atoms with E-state index >= 15 is 0 Å². The van der Waals surface area contributed by atoms with Gasteiger partial charge in [0, 0.05) is 6.54 Å². The number of carboxylic acids is 1. The maximum Gasteiger partial charge on any atom is 0.407 e. The summed E-state index contributed by atoms with van der Waals surface area (Å²) in [4.78, 5) is 22.7. The molecule has 1 amide bonds. The smallest absolute Gasteiger partial charge is 0.407 e. The third-order valence-corrected chi connectivity index (χ3v) is 3.88. The van der Waals surface area contributed by atoms with E-state index in [9.17, 15) is 19.8 Å². The summed E-state index contributed by atoms with van der Waals surface area (Å²) in [5, 5.41) is 31.8. The Morgan fingerprint density at radius 2 is 1.81 bits per heavy atom. The maximum atomic E-state index is 11.7. The third-order valence-electron chi connectivity index (χ3n) is 3.88. The SMILES string of the molecule is Cc1ccc(C(=O)O)cc1C(O)C(O)CNC(=O)OCc1ccccc1. The molecule has 138 valence electrons. The largest absolute Gasteiger partial charge is 0.478 e. The molecule has 0 aliphatic heterocycles. The minimum atomic E-state index is -1.34. The summed E-state index contributed by atoms with van der Waals surface area (Å²) >= 11 is 0. The summed E-state index contributed by atoms with van der Waals surface area (Å²) in [6.45, 7) is 1.54. The van der Waals surface area contributed by atoms with Gasteiger partial charge in [-0.05, 0) is 35.7 Å². The highest BCUT2D eigenvalue weighted by molar-refractivity contribution is 5.87. The number of aryl methyl sites for hydroxylation is 1. The number of rotatable bonds is 7. The molecule has 7 heteroatoms. The van der Waals surface area contributed by atoms with E-state index in [1.54, 1.807) is 13.0 Å². The van der Waals surface area contributed by atoms with Crippen LogP contribution in [0.25, 0.3) is 0 Å². The first-order chi connectivity index (χ1) is 12.4. The lowest BCUT2D eigenvalue weighted by Crippen LogP contribution is -2.36. The van der Waals surface area contributed by atoms with Gasteiger partial charge in [0.15, 0.2) is 0 Å². The zero-order valence-electron chi connectivity index (χ0n) is 14.3. The van der Waals surface area contributed by atoms with Crippen molar-refractivity contribution < 1.29 is 29.6 Å². The standard InChI is InChI=1S/C19H21NO6/c1-12-7-8-14(18(23)24)9-15(12)17(22)16(21)10-20-19(25)26-11-13-5-3-2-4-6-13/h2-9,16-17,21-22H,10-11H2,1H3,(H,20,25)(H,23,24). The highest BCUT2D eigenvalue weighted by Crippen LogP contribution is 2.22. The van der Waals surface area contributed by atoms with Crippen molar-refractivity contribution in [2.75, 3.05) is 6.54 Å². The molecule has 2 atom stereocenters. The number of benzene rings is 2. The highest BCUT2D eigenvalue weighted by atomic mass is 16.5. The number of amides is 1. The Labute approximate surface area is 150 Å². The summed E-state index contributed by atoms with van der Waals surface area (Å²) < 4.78 is 5.02. The first-order valence-electron chi connectivity index (χ1n) is 8.03. The highest BCUT2D eigenvalue weighted by Gasteiger charge is 2.22. The molecule has 0 aliphatic rings. The van der Waals surface area contributed by atoms with Crippen LogP contribution in [0.2, 0.25) is 0 Å². The minimum Gasteiger partial charge on any atom is -0.478 e. The predicted octanol–water partition coefficient (Wildman–Crippen LogP) is 2.01. The number of aromatic carboxylic acids is 1. The van der Waals surface area contributed by atoms with Gasteiger partial charge in [0.05, 0.1) is 5.56 Å². The average Bonchev–Trinajstić information content (AvgIpc) is 2.64. The topological polar surface area (TPSA) is 116 Å². The fraction of sp³-hybridized carbons (Fsp3) is 0.263. The Hall–Kier alpha value is -2.90. The Kier molecular flexibility index (Phi) is 6.71. The number of hydrogen-bond acceptors (Lipinski definition) is 5. The van der Waals surface area contributed by atoms with Gasteiger partial charge in [-0.25, -0.2) is 9.59 Å². The number of carbonyl (C=O) groups is 2. The summed E-state index contributed by atoms with van der Waals surface area (Å²) in [7, 11) is 0. The number of aliphatic hydroxyl groups is 2. The Balaban J connectivity index is 1.88. The van der Waals surface area contributed by atoms with Gasteiger partial charge in [0.1, 0.15) is 18.8 Å². The van der Waals surface area contributed by atoms with Crippen LogP contribution in [0, 0.1) is 6.92 Å². The summed E-state index contributed by atoms with van der Waals surface area (Å²) in [6, 6.07) is 13.4. The van der Waals surface area contributed by atoms with E-state index in [4.69, 9.17) is 9.84 Å². The van der Waals surface area contributed by atoms with Crippen LogP contribution in [-0.2, 0) is 11.3 Å². The van der Waals surface area contributed by atoms with Crippen LogP contribution in [0.1, 0.15) is 33.2 Å². The number of carbonyl (C=O) groups excluding carboxylic acids is 1. The normalized spacial score (nSPS) is 12.9. The van der Waals surface area contributed by atoms with Crippen molar-refractivity contribution in [3.05, 3.63) is 70.8 Å². The maximum absolute atomic E-state index is 11.7. The minimum absolute atomic E-state index is 0.00656. The fourth-order valence-corrected chi connectivity index (χ4v) is 2.37. The van der Waals surface area contributed by atoms with Crippen LogP contribution in [0.5, 0.6) is 0 Å². The van der Waals surface area contributed by atoms with Crippen LogP contribution in [-0.4, -0.2) is 40.0 Å². The van der Waals surface area contributed by atoms with E-state index in [2.05, 4.69) is 5.32 Å². The molecule has 0 bridgehead atoms. The van der Waals surface area contributed by atoms with Crippen LogP contribution < -0.4 is 5.32 Å². The lowest BCUT2D eigenvalue weighted by Gasteiger charge is -2.20. The lowest BCUT2D eigenvalue weighted by molar-refractivity contribution is 0.0180. The summed E-state index contributed by atoms with van der Waals surface area (Å²) in [5.74, 6) is -1.13. The molecular weight excluding hydrogens is 338 g/mol. The summed E-state index contributed by atoms with van der Waals surface area (Å²) in [5.41, 5.74) is 1.75. The van der Waals surface area contributed by atoms with E-state index in [1.807, 2.05) is 30.3 Å². The second-order valence-corrected chi connectivity index (χ2v) is 5.83. The van der Waals surface area contributed by atoms with Crippen molar-refractivity contribution in [3.8, 4) is 0 Å². The monoisotopic (exact) mass is 359 g/mol. The second kappa shape index (κ2) is 8.98. The predicted molar refractivity (Wildman–Crippen MR) is 93.7 cm³/mol. The molecule has 0 fully saturated rings. The first kappa shape index (κ1) is 19.4. The van der Waals surface area contributed by atoms with Crippen molar-refractivity contribution in [1.82, 2.24) is 5.32 Å². The molecule has 0 radical (unpaired) electrons. The van der Waals surface area contributed by atoms with Crippen molar-refractivity contribution in [3.63, 3.8) is 0 Å². The number of hydrogen-bond donors (Lipinski definition) is 4. The molecule has 0 saturated carbocycles. The van der Waals surface area contributed by atoms with Gasteiger partial charge in [-0.2, -0.15) is 0 Å². The van der Waals surface area contributed by atoms with Gasteiger partial charge in [-0.1, -0.05) is 36.4 Å². The van der Waals surface area contributed by atoms with Gasteiger partial charge in [-0.15, -0.1) is 0 Å². The number of alkyl carbamates (subject to hydrolysis) is 1. The quantitative estimate of drug-likeness (QED) is 0.601. The van der Waals surface area contributed by atoms with Crippen molar-refractivity contribution >= 4 is 12.1 Å². The van der Waals surface area contributed by atoms with Crippen molar-refractivity contribution in [2.24, 2.45) is 0 Å². The van der Waals surface area contributed by atoms with Crippen LogP contribution >= 0.6 is 0 Å². The van der Waals surface area contributed by atoms with E-state index in [0.717, 1.165) is 5.56 Å².